The van der Waals surface area contributed by atoms with Crippen LogP contribution >= 0.6 is 0 Å². The van der Waals surface area contributed by atoms with E-state index in [2.05, 4.69) is 60.7 Å². The molecule has 0 aliphatic rings. The highest BCUT2D eigenvalue weighted by Gasteiger charge is 2.14. The Morgan fingerprint density at radius 2 is 1.13 bits per heavy atom. The van der Waals surface area contributed by atoms with Crippen molar-refractivity contribution in [1.29, 1.82) is 0 Å². The number of hydrogen-bond donors (Lipinski definition) is 1. The molecule has 0 fully saturated rings. The average molecular weight is 390 g/mol. The van der Waals surface area contributed by atoms with E-state index in [4.69, 9.17) is 9.97 Å². The summed E-state index contributed by atoms with van der Waals surface area (Å²) in [5, 5.41) is 11.6. The topological polar surface area (TPSA) is 46.0 Å². The van der Waals surface area contributed by atoms with Gasteiger partial charge in [-0.05, 0) is 53.8 Å². The summed E-state index contributed by atoms with van der Waals surface area (Å²) >= 11 is 0. The van der Waals surface area contributed by atoms with E-state index in [0.717, 1.165) is 49.9 Å². The normalized spacial score (nSPS) is 11.3. The van der Waals surface area contributed by atoms with Crippen LogP contribution < -0.4 is 0 Å². The first-order chi connectivity index (χ1) is 14.6. The lowest BCUT2D eigenvalue weighted by Gasteiger charge is -2.13. The van der Waals surface area contributed by atoms with Crippen LogP contribution in [0.1, 0.15) is 17.0 Å². The Morgan fingerprint density at radius 3 is 1.63 bits per heavy atom. The first-order valence-electron chi connectivity index (χ1n) is 10.1. The number of aromatic nitrogens is 2. The number of aliphatic hydroxyl groups excluding tert-OH is 1. The molecule has 0 unspecified atom stereocenters. The average Bonchev–Trinajstić information content (AvgIpc) is 2.78. The molecule has 3 heteroatoms. The van der Waals surface area contributed by atoms with Gasteiger partial charge in [0, 0.05) is 22.2 Å². The van der Waals surface area contributed by atoms with E-state index in [1.54, 1.807) is 0 Å². The molecule has 146 valence electrons. The molecule has 0 amide bonds. The molecule has 1 N–H and O–H groups in total. The number of fused-ring (bicyclic) bond motifs is 3. The van der Waals surface area contributed by atoms with E-state index in [1.165, 1.54) is 11.1 Å². The zero-order valence-corrected chi connectivity index (χ0v) is 17.1. The number of benzene rings is 3. The zero-order valence-electron chi connectivity index (χ0n) is 17.1. The molecular weight excluding hydrogens is 368 g/mol. The third-order valence-electron chi connectivity index (χ3n) is 5.55. The van der Waals surface area contributed by atoms with Crippen LogP contribution in [-0.4, -0.2) is 15.1 Å². The van der Waals surface area contributed by atoms with Crippen molar-refractivity contribution in [1.82, 2.24) is 9.97 Å². The highest BCUT2D eigenvalue weighted by Crippen LogP contribution is 2.36. The summed E-state index contributed by atoms with van der Waals surface area (Å²) in [4.78, 5) is 9.79. The lowest BCUT2D eigenvalue weighted by atomic mass is 9.95. The third-order valence-corrected chi connectivity index (χ3v) is 5.55. The van der Waals surface area contributed by atoms with Crippen LogP contribution in [0, 0.1) is 13.8 Å². The summed E-state index contributed by atoms with van der Waals surface area (Å²) in [7, 11) is 0. The zero-order chi connectivity index (χ0) is 20.7. The Bertz CT molecular complexity index is 1370. The first kappa shape index (κ1) is 18.5. The fourth-order valence-electron chi connectivity index (χ4n) is 4.12. The van der Waals surface area contributed by atoms with Crippen LogP contribution in [0.25, 0.3) is 44.1 Å². The molecular formula is C27H22N2O. The van der Waals surface area contributed by atoms with E-state index < -0.39 is 0 Å². The molecule has 0 radical (unpaired) electrons. The summed E-state index contributed by atoms with van der Waals surface area (Å²) in [6, 6.07) is 27.1. The minimum atomic E-state index is 0.0481. The Kier molecular flexibility index (Phi) is 4.53. The largest absolute Gasteiger partial charge is 0.392 e. The van der Waals surface area contributed by atoms with Gasteiger partial charge < -0.3 is 5.11 Å². The molecule has 0 spiro atoms. The summed E-state index contributed by atoms with van der Waals surface area (Å²) in [6.07, 6.45) is 0. The standard InChI is InChI=1S/C27H22N2O/c1-17-14-24(20-6-4-3-5-7-20)22-12-13-23-25(21-10-8-19(16-30)9-11-21)15-18(2)29-27(23)26(22)28-17/h3-15,30H,16H2,1-2H3. The highest BCUT2D eigenvalue weighted by atomic mass is 16.3. The minimum absolute atomic E-state index is 0.0481. The van der Waals surface area contributed by atoms with Crippen LogP contribution in [0.2, 0.25) is 0 Å². The maximum absolute atomic E-state index is 9.36. The van der Waals surface area contributed by atoms with E-state index in [-0.39, 0.29) is 6.61 Å². The Hall–Kier alpha value is -3.56. The fourth-order valence-corrected chi connectivity index (χ4v) is 4.12. The molecule has 0 aliphatic heterocycles. The molecule has 2 heterocycles. The summed E-state index contributed by atoms with van der Waals surface area (Å²) < 4.78 is 0. The first-order valence-corrected chi connectivity index (χ1v) is 10.1. The van der Waals surface area contributed by atoms with Gasteiger partial charge in [-0.15, -0.1) is 0 Å². The van der Waals surface area contributed by atoms with Crippen molar-refractivity contribution in [3.63, 3.8) is 0 Å². The second-order valence-corrected chi connectivity index (χ2v) is 7.70. The van der Waals surface area contributed by atoms with Crippen molar-refractivity contribution in [2.75, 3.05) is 0 Å². The van der Waals surface area contributed by atoms with Crippen molar-refractivity contribution in [3.05, 3.63) is 95.8 Å². The smallest absolute Gasteiger partial charge is 0.0974 e. The monoisotopic (exact) mass is 390 g/mol. The van der Waals surface area contributed by atoms with Gasteiger partial charge in [-0.1, -0.05) is 66.7 Å². The van der Waals surface area contributed by atoms with E-state index in [9.17, 15) is 5.11 Å². The fraction of sp³-hybridized carbons (Fsp3) is 0.111. The molecule has 30 heavy (non-hydrogen) atoms. The maximum Gasteiger partial charge on any atom is 0.0974 e. The van der Waals surface area contributed by atoms with Crippen LogP contribution in [0.4, 0.5) is 0 Å². The number of hydrogen-bond acceptors (Lipinski definition) is 3. The van der Waals surface area contributed by atoms with Crippen LogP contribution in [-0.2, 0) is 6.61 Å². The van der Waals surface area contributed by atoms with Crippen molar-refractivity contribution in [3.8, 4) is 22.3 Å². The molecule has 5 aromatic rings. The van der Waals surface area contributed by atoms with Gasteiger partial charge >= 0.3 is 0 Å². The number of rotatable bonds is 3. The van der Waals surface area contributed by atoms with E-state index >= 15 is 0 Å². The van der Waals surface area contributed by atoms with Crippen LogP contribution in [0.3, 0.4) is 0 Å². The molecule has 0 aliphatic carbocycles. The van der Waals surface area contributed by atoms with Crippen molar-refractivity contribution in [2.45, 2.75) is 20.5 Å². The van der Waals surface area contributed by atoms with Gasteiger partial charge in [-0.25, -0.2) is 0 Å². The van der Waals surface area contributed by atoms with Gasteiger partial charge in [0.2, 0.25) is 0 Å². The second-order valence-electron chi connectivity index (χ2n) is 7.70. The lowest BCUT2D eigenvalue weighted by Crippen LogP contribution is -1.95. The number of nitrogens with zero attached hydrogens (tertiary/aromatic N) is 2. The van der Waals surface area contributed by atoms with Crippen molar-refractivity contribution < 1.29 is 5.11 Å². The quantitative estimate of drug-likeness (QED) is 0.372. The third kappa shape index (κ3) is 3.14. The molecule has 0 atom stereocenters. The van der Waals surface area contributed by atoms with Gasteiger partial charge in [0.15, 0.2) is 0 Å². The lowest BCUT2D eigenvalue weighted by molar-refractivity contribution is 0.282. The van der Waals surface area contributed by atoms with Gasteiger partial charge in [0.1, 0.15) is 0 Å². The molecule has 0 saturated carbocycles. The number of pyridine rings is 2. The Morgan fingerprint density at radius 1 is 0.633 bits per heavy atom. The van der Waals surface area contributed by atoms with Crippen molar-refractivity contribution >= 4 is 21.8 Å². The molecule has 0 saturated heterocycles. The minimum Gasteiger partial charge on any atom is -0.392 e. The Labute approximate surface area is 175 Å². The summed E-state index contributed by atoms with van der Waals surface area (Å²) in [6.45, 7) is 4.11. The van der Waals surface area contributed by atoms with Gasteiger partial charge in [0.05, 0.1) is 17.6 Å². The molecule has 0 bridgehead atoms. The molecule has 3 aromatic carbocycles. The van der Waals surface area contributed by atoms with Crippen LogP contribution in [0.5, 0.6) is 0 Å². The van der Waals surface area contributed by atoms with Gasteiger partial charge in [-0.3, -0.25) is 9.97 Å². The predicted octanol–water partition coefficient (Wildman–Crippen LogP) is 6.23. The van der Waals surface area contributed by atoms with Gasteiger partial charge in [0.25, 0.3) is 0 Å². The number of aryl methyl sites for hydroxylation is 2. The van der Waals surface area contributed by atoms with E-state index in [0.29, 0.717) is 0 Å². The van der Waals surface area contributed by atoms with Crippen molar-refractivity contribution in [2.24, 2.45) is 0 Å². The highest BCUT2D eigenvalue weighted by molar-refractivity contribution is 6.12. The predicted molar refractivity (Wildman–Crippen MR) is 123 cm³/mol. The molecule has 3 nitrogen and oxygen atoms in total. The van der Waals surface area contributed by atoms with Crippen LogP contribution in [0.15, 0.2) is 78.9 Å². The SMILES string of the molecule is Cc1cc(-c2ccccc2)c2ccc3c(-c4ccc(CO)cc4)cc(C)nc3c2n1. The summed E-state index contributed by atoms with van der Waals surface area (Å²) in [5.41, 5.74) is 9.30. The van der Waals surface area contributed by atoms with E-state index in [1.807, 2.05) is 32.0 Å². The molecule has 2 aromatic heterocycles. The number of aliphatic hydroxyl groups is 1. The second kappa shape index (κ2) is 7.36. The maximum atomic E-state index is 9.36. The summed E-state index contributed by atoms with van der Waals surface area (Å²) in [5.74, 6) is 0. The Balaban J connectivity index is 1.82. The van der Waals surface area contributed by atoms with Gasteiger partial charge in [-0.2, -0.15) is 0 Å². The molecule has 5 rings (SSSR count).